The van der Waals surface area contributed by atoms with Gasteiger partial charge in [0.1, 0.15) is 5.82 Å². The highest BCUT2D eigenvalue weighted by molar-refractivity contribution is 9.10. The van der Waals surface area contributed by atoms with Gasteiger partial charge in [0.05, 0.1) is 0 Å². The Hall–Kier alpha value is -1.68. The summed E-state index contributed by atoms with van der Waals surface area (Å²) < 4.78 is 1.03. The molecule has 0 unspecified atom stereocenters. The van der Waals surface area contributed by atoms with E-state index in [9.17, 15) is 4.79 Å². The van der Waals surface area contributed by atoms with Crippen LogP contribution in [0.2, 0.25) is 0 Å². The fourth-order valence-electron chi connectivity index (χ4n) is 1.76. The molecule has 0 saturated carbocycles. The number of aromatic nitrogens is 1. The van der Waals surface area contributed by atoms with Crippen molar-refractivity contribution in [2.24, 2.45) is 0 Å². The quantitative estimate of drug-likeness (QED) is 0.933. The van der Waals surface area contributed by atoms with Crippen molar-refractivity contribution in [2.45, 2.75) is 19.8 Å². The summed E-state index contributed by atoms with van der Waals surface area (Å²) in [5.41, 5.74) is 2.22. The molecule has 1 aromatic heterocycles. The number of aryl methyl sites for hydroxylation is 2. The third-order valence-electron chi connectivity index (χ3n) is 2.71. The number of anilines is 1. The fraction of sp³-hybridized carbons (Fsp3) is 0.200. The molecule has 1 heterocycles. The molecule has 0 aliphatic rings. The first-order valence-corrected chi connectivity index (χ1v) is 6.90. The van der Waals surface area contributed by atoms with Crippen molar-refractivity contribution >= 4 is 27.7 Å². The van der Waals surface area contributed by atoms with E-state index in [2.05, 4.69) is 26.2 Å². The number of nitrogens with zero attached hydrogens (tertiary/aromatic N) is 1. The normalized spacial score (nSPS) is 10.2. The highest BCUT2D eigenvalue weighted by atomic mass is 79.9. The smallest absolute Gasteiger partial charge is 0.225 e. The molecule has 1 amide bonds. The standard InChI is InChI=1S/C15H15BrN2O/c1-11-7-8-17-14(9-11)18-15(19)6-5-12-3-2-4-13(16)10-12/h2-4,7-10H,5-6H2,1H3,(H,17,18,19). The zero-order chi connectivity index (χ0) is 13.7. The van der Waals surface area contributed by atoms with Crippen LogP contribution in [-0.4, -0.2) is 10.9 Å². The maximum Gasteiger partial charge on any atom is 0.225 e. The molecular formula is C15H15BrN2O. The number of halogens is 1. The Morgan fingerprint density at radius 2 is 2.16 bits per heavy atom. The molecule has 98 valence electrons. The van der Waals surface area contributed by atoms with Gasteiger partial charge in [0, 0.05) is 17.1 Å². The summed E-state index contributed by atoms with van der Waals surface area (Å²) in [6.45, 7) is 1.97. The van der Waals surface area contributed by atoms with Crippen molar-refractivity contribution in [3.63, 3.8) is 0 Å². The SMILES string of the molecule is Cc1ccnc(NC(=O)CCc2cccc(Br)c2)c1. The molecule has 2 aromatic rings. The van der Waals surface area contributed by atoms with Crippen LogP contribution in [0.3, 0.4) is 0 Å². The zero-order valence-corrected chi connectivity index (χ0v) is 12.3. The lowest BCUT2D eigenvalue weighted by Gasteiger charge is -2.05. The number of amides is 1. The van der Waals surface area contributed by atoms with Gasteiger partial charge in [-0.3, -0.25) is 4.79 Å². The lowest BCUT2D eigenvalue weighted by Crippen LogP contribution is -2.13. The number of hydrogen-bond donors (Lipinski definition) is 1. The lowest BCUT2D eigenvalue weighted by atomic mass is 10.1. The van der Waals surface area contributed by atoms with E-state index in [4.69, 9.17) is 0 Å². The second-order valence-corrected chi connectivity index (χ2v) is 5.31. The first-order chi connectivity index (χ1) is 9.13. The van der Waals surface area contributed by atoms with Crippen molar-refractivity contribution < 1.29 is 4.79 Å². The van der Waals surface area contributed by atoms with Crippen LogP contribution in [0.25, 0.3) is 0 Å². The number of hydrogen-bond acceptors (Lipinski definition) is 2. The number of benzene rings is 1. The van der Waals surface area contributed by atoms with E-state index < -0.39 is 0 Å². The maximum absolute atomic E-state index is 11.8. The molecule has 1 N–H and O–H groups in total. The van der Waals surface area contributed by atoms with Crippen LogP contribution in [-0.2, 0) is 11.2 Å². The Kier molecular flexibility index (Phi) is 4.68. The monoisotopic (exact) mass is 318 g/mol. The number of carbonyl (C=O) groups excluding carboxylic acids is 1. The molecule has 0 spiro atoms. The molecule has 2 rings (SSSR count). The zero-order valence-electron chi connectivity index (χ0n) is 10.7. The van der Waals surface area contributed by atoms with Gasteiger partial charge in [0.2, 0.25) is 5.91 Å². The van der Waals surface area contributed by atoms with Crippen molar-refractivity contribution in [1.29, 1.82) is 0 Å². The fourth-order valence-corrected chi connectivity index (χ4v) is 2.21. The third-order valence-corrected chi connectivity index (χ3v) is 3.21. The summed E-state index contributed by atoms with van der Waals surface area (Å²) >= 11 is 3.42. The second-order valence-electron chi connectivity index (χ2n) is 4.40. The van der Waals surface area contributed by atoms with Crippen LogP contribution in [0.15, 0.2) is 47.1 Å². The van der Waals surface area contributed by atoms with E-state index in [1.54, 1.807) is 6.20 Å². The summed E-state index contributed by atoms with van der Waals surface area (Å²) in [5.74, 6) is 0.595. The minimum absolute atomic E-state index is 0.0157. The Labute approximate surface area is 121 Å². The molecule has 0 bridgehead atoms. The predicted octanol–water partition coefficient (Wildman–Crippen LogP) is 3.72. The minimum Gasteiger partial charge on any atom is -0.311 e. The average molecular weight is 319 g/mol. The van der Waals surface area contributed by atoms with Crippen LogP contribution in [0.4, 0.5) is 5.82 Å². The van der Waals surface area contributed by atoms with E-state index in [1.165, 1.54) is 0 Å². The van der Waals surface area contributed by atoms with Crippen LogP contribution in [0.1, 0.15) is 17.5 Å². The summed E-state index contributed by atoms with van der Waals surface area (Å²) in [4.78, 5) is 15.9. The van der Waals surface area contributed by atoms with Gasteiger partial charge in [-0.15, -0.1) is 0 Å². The van der Waals surface area contributed by atoms with E-state index >= 15 is 0 Å². The molecule has 3 nitrogen and oxygen atoms in total. The molecule has 0 aliphatic carbocycles. The van der Waals surface area contributed by atoms with Crippen molar-refractivity contribution in [3.05, 3.63) is 58.2 Å². The summed E-state index contributed by atoms with van der Waals surface area (Å²) in [6.07, 6.45) is 2.86. The molecular weight excluding hydrogens is 304 g/mol. The van der Waals surface area contributed by atoms with Gasteiger partial charge in [0.25, 0.3) is 0 Å². The average Bonchev–Trinajstić information content (AvgIpc) is 2.36. The molecule has 19 heavy (non-hydrogen) atoms. The minimum atomic E-state index is -0.0157. The van der Waals surface area contributed by atoms with Gasteiger partial charge in [-0.1, -0.05) is 28.1 Å². The molecule has 0 fully saturated rings. The van der Waals surface area contributed by atoms with Crippen LogP contribution in [0.5, 0.6) is 0 Å². The highest BCUT2D eigenvalue weighted by Crippen LogP contribution is 2.13. The van der Waals surface area contributed by atoms with E-state index in [1.807, 2.05) is 43.3 Å². The highest BCUT2D eigenvalue weighted by Gasteiger charge is 2.04. The Bertz CT molecular complexity index is 584. The summed E-state index contributed by atoms with van der Waals surface area (Å²) in [6, 6.07) is 11.7. The van der Waals surface area contributed by atoms with Gasteiger partial charge in [-0.05, 0) is 48.7 Å². The predicted molar refractivity (Wildman–Crippen MR) is 80.1 cm³/mol. The molecule has 0 saturated heterocycles. The number of pyridine rings is 1. The van der Waals surface area contributed by atoms with Crippen LogP contribution >= 0.6 is 15.9 Å². The third kappa shape index (κ3) is 4.48. The lowest BCUT2D eigenvalue weighted by molar-refractivity contribution is -0.116. The number of nitrogens with one attached hydrogen (secondary N) is 1. The molecule has 0 aliphatic heterocycles. The first kappa shape index (κ1) is 13.7. The summed E-state index contributed by atoms with van der Waals surface area (Å²) in [5, 5.41) is 2.81. The number of carbonyl (C=O) groups is 1. The van der Waals surface area contributed by atoms with Gasteiger partial charge in [0.15, 0.2) is 0 Å². The van der Waals surface area contributed by atoms with E-state index in [0.29, 0.717) is 12.2 Å². The molecule has 1 aromatic carbocycles. The van der Waals surface area contributed by atoms with Crippen molar-refractivity contribution in [2.75, 3.05) is 5.32 Å². The van der Waals surface area contributed by atoms with Crippen LogP contribution < -0.4 is 5.32 Å². The maximum atomic E-state index is 11.8. The molecule has 0 atom stereocenters. The first-order valence-electron chi connectivity index (χ1n) is 6.10. The van der Waals surface area contributed by atoms with Gasteiger partial charge < -0.3 is 5.32 Å². The van der Waals surface area contributed by atoms with Crippen molar-refractivity contribution in [1.82, 2.24) is 4.98 Å². The van der Waals surface area contributed by atoms with Gasteiger partial charge in [-0.2, -0.15) is 0 Å². The Balaban J connectivity index is 1.88. The number of rotatable bonds is 4. The van der Waals surface area contributed by atoms with Gasteiger partial charge in [-0.25, -0.2) is 4.98 Å². The molecule has 0 radical (unpaired) electrons. The summed E-state index contributed by atoms with van der Waals surface area (Å²) in [7, 11) is 0. The second kappa shape index (κ2) is 6.48. The Morgan fingerprint density at radius 3 is 2.89 bits per heavy atom. The largest absolute Gasteiger partial charge is 0.311 e. The van der Waals surface area contributed by atoms with Gasteiger partial charge >= 0.3 is 0 Å². The van der Waals surface area contributed by atoms with Crippen LogP contribution in [0, 0.1) is 6.92 Å². The van der Waals surface area contributed by atoms with Crippen molar-refractivity contribution in [3.8, 4) is 0 Å². The topological polar surface area (TPSA) is 42.0 Å². The van der Waals surface area contributed by atoms with E-state index in [-0.39, 0.29) is 5.91 Å². The molecule has 4 heteroatoms. The van der Waals surface area contributed by atoms with E-state index in [0.717, 1.165) is 22.0 Å². The Morgan fingerprint density at radius 1 is 1.32 bits per heavy atom.